The summed E-state index contributed by atoms with van der Waals surface area (Å²) in [6.07, 6.45) is 2.73. The number of ether oxygens (including phenoxy) is 1. The van der Waals surface area contributed by atoms with Gasteiger partial charge in [-0.25, -0.2) is 0 Å². The van der Waals surface area contributed by atoms with Crippen molar-refractivity contribution >= 4 is 0 Å². The lowest BCUT2D eigenvalue weighted by Crippen LogP contribution is -2.25. The van der Waals surface area contributed by atoms with Crippen molar-refractivity contribution in [3.8, 4) is 5.75 Å². The molecule has 0 radical (unpaired) electrons. The van der Waals surface area contributed by atoms with Crippen LogP contribution in [0.2, 0.25) is 0 Å². The molecule has 1 aliphatic heterocycles. The minimum absolute atomic E-state index is 0.670. The van der Waals surface area contributed by atoms with Gasteiger partial charge >= 0.3 is 0 Å². The van der Waals surface area contributed by atoms with E-state index in [9.17, 15) is 5.11 Å². The number of rotatable bonds is 4. The van der Waals surface area contributed by atoms with Crippen molar-refractivity contribution in [2.24, 2.45) is 0 Å². The van der Waals surface area contributed by atoms with Gasteiger partial charge in [-0.1, -0.05) is 42.0 Å². The Balaban J connectivity index is 1.56. The molecule has 0 saturated heterocycles. The van der Waals surface area contributed by atoms with Crippen LogP contribution in [0.15, 0.2) is 67.0 Å². The predicted molar refractivity (Wildman–Crippen MR) is 106 cm³/mol. The van der Waals surface area contributed by atoms with Crippen molar-refractivity contribution in [3.05, 3.63) is 94.8 Å². The molecule has 0 spiro atoms. The third-order valence-corrected chi connectivity index (χ3v) is 4.95. The number of benzene rings is 2. The van der Waals surface area contributed by atoms with Gasteiger partial charge in [0.2, 0.25) is 0 Å². The average Bonchev–Trinajstić information content (AvgIpc) is 2.89. The molecule has 138 valence electrons. The first kappa shape index (κ1) is 17.7. The van der Waals surface area contributed by atoms with Gasteiger partial charge in [0.15, 0.2) is 0 Å². The standard InChI is InChI=1S/C23H24N2O2/c1-17-4-2-5-18(12-17)15-25-10-11-27-22-8-7-19(13-21(22)16-25)23(26)20-6-3-9-24-14-20/h2-9,12-14,23,26H,10-11,15-16H2,1H3/t23-/m0/s1. The van der Waals surface area contributed by atoms with Gasteiger partial charge in [-0.2, -0.15) is 0 Å². The second-order valence-electron chi connectivity index (χ2n) is 7.10. The van der Waals surface area contributed by atoms with Crippen LogP contribution in [0.25, 0.3) is 0 Å². The number of aliphatic hydroxyl groups is 1. The van der Waals surface area contributed by atoms with Crippen LogP contribution in [0.1, 0.15) is 33.9 Å². The third kappa shape index (κ3) is 4.18. The number of fused-ring (bicyclic) bond motifs is 1. The molecule has 0 aliphatic carbocycles. The van der Waals surface area contributed by atoms with Crippen LogP contribution in [0.4, 0.5) is 0 Å². The highest BCUT2D eigenvalue weighted by Crippen LogP contribution is 2.29. The zero-order valence-electron chi connectivity index (χ0n) is 15.5. The first-order chi connectivity index (χ1) is 13.2. The van der Waals surface area contributed by atoms with Crippen LogP contribution in [-0.4, -0.2) is 28.1 Å². The summed E-state index contributed by atoms with van der Waals surface area (Å²) in [5, 5.41) is 10.7. The van der Waals surface area contributed by atoms with Gasteiger partial charge < -0.3 is 9.84 Å². The van der Waals surface area contributed by atoms with E-state index in [0.29, 0.717) is 6.61 Å². The van der Waals surface area contributed by atoms with E-state index in [2.05, 4.69) is 47.1 Å². The van der Waals surface area contributed by atoms with Crippen LogP contribution in [-0.2, 0) is 13.1 Å². The fourth-order valence-corrected chi connectivity index (χ4v) is 3.57. The van der Waals surface area contributed by atoms with Crippen molar-refractivity contribution < 1.29 is 9.84 Å². The van der Waals surface area contributed by atoms with Crippen molar-refractivity contribution in [2.45, 2.75) is 26.1 Å². The summed E-state index contributed by atoms with van der Waals surface area (Å²) in [5.74, 6) is 0.906. The Labute approximate surface area is 160 Å². The molecule has 1 aromatic heterocycles. The quantitative estimate of drug-likeness (QED) is 0.767. The summed E-state index contributed by atoms with van der Waals surface area (Å²) < 4.78 is 5.94. The van der Waals surface area contributed by atoms with Gasteiger partial charge in [-0.05, 0) is 36.2 Å². The molecule has 4 heteroatoms. The van der Waals surface area contributed by atoms with Crippen molar-refractivity contribution in [3.63, 3.8) is 0 Å². The molecule has 27 heavy (non-hydrogen) atoms. The highest BCUT2D eigenvalue weighted by atomic mass is 16.5. The second kappa shape index (κ2) is 7.91. The van der Waals surface area contributed by atoms with E-state index in [1.807, 2.05) is 24.3 Å². The van der Waals surface area contributed by atoms with E-state index < -0.39 is 6.10 Å². The Bertz CT molecular complexity index is 911. The normalized spacial score (nSPS) is 15.5. The summed E-state index contributed by atoms with van der Waals surface area (Å²) in [5.41, 5.74) is 5.36. The molecule has 2 heterocycles. The van der Waals surface area contributed by atoms with Gasteiger partial charge in [-0.15, -0.1) is 0 Å². The maximum atomic E-state index is 10.7. The van der Waals surface area contributed by atoms with Gasteiger partial charge in [0.1, 0.15) is 18.5 Å². The maximum Gasteiger partial charge on any atom is 0.123 e. The van der Waals surface area contributed by atoms with E-state index in [1.54, 1.807) is 12.4 Å². The first-order valence-electron chi connectivity index (χ1n) is 9.30. The minimum atomic E-state index is -0.683. The van der Waals surface area contributed by atoms with Crippen LogP contribution in [0.5, 0.6) is 5.75 Å². The van der Waals surface area contributed by atoms with Gasteiger partial charge in [0.05, 0.1) is 0 Å². The Morgan fingerprint density at radius 3 is 2.85 bits per heavy atom. The molecular formula is C23H24N2O2. The third-order valence-electron chi connectivity index (χ3n) is 4.95. The van der Waals surface area contributed by atoms with E-state index >= 15 is 0 Å². The number of aryl methyl sites for hydroxylation is 1. The van der Waals surface area contributed by atoms with E-state index in [1.165, 1.54) is 11.1 Å². The number of pyridine rings is 1. The highest BCUT2D eigenvalue weighted by molar-refractivity contribution is 5.41. The fraction of sp³-hybridized carbons (Fsp3) is 0.261. The number of aromatic nitrogens is 1. The largest absolute Gasteiger partial charge is 0.492 e. The first-order valence-corrected chi connectivity index (χ1v) is 9.30. The van der Waals surface area contributed by atoms with Crippen LogP contribution >= 0.6 is 0 Å². The lowest BCUT2D eigenvalue weighted by Gasteiger charge is -2.20. The van der Waals surface area contributed by atoms with Crippen LogP contribution in [0.3, 0.4) is 0 Å². The molecule has 0 saturated carbocycles. The Morgan fingerprint density at radius 1 is 1.11 bits per heavy atom. The molecule has 1 atom stereocenters. The topological polar surface area (TPSA) is 45.6 Å². The number of aliphatic hydroxyl groups excluding tert-OH is 1. The number of hydrogen-bond donors (Lipinski definition) is 1. The number of nitrogens with zero attached hydrogens (tertiary/aromatic N) is 2. The summed E-state index contributed by atoms with van der Waals surface area (Å²) >= 11 is 0. The summed E-state index contributed by atoms with van der Waals surface area (Å²) in [4.78, 5) is 6.50. The molecule has 0 unspecified atom stereocenters. The Hall–Kier alpha value is -2.69. The molecule has 4 rings (SSSR count). The lowest BCUT2D eigenvalue weighted by molar-refractivity contribution is 0.218. The van der Waals surface area contributed by atoms with E-state index in [-0.39, 0.29) is 0 Å². The Kier molecular flexibility index (Phi) is 5.19. The van der Waals surface area contributed by atoms with Gasteiger partial charge in [-0.3, -0.25) is 9.88 Å². The van der Waals surface area contributed by atoms with Crippen molar-refractivity contribution in [1.29, 1.82) is 0 Å². The molecule has 0 fully saturated rings. The number of hydrogen-bond acceptors (Lipinski definition) is 4. The highest BCUT2D eigenvalue weighted by Gasteiger charge is 2.18. The van der Waals surface area contributed by atoms with E-state index in [4.69, 9.17) is 4.74 Å². The van der Waals surface area contributed by atoms with Gasteiger partial charge in [0, 0.05) is 43.2 Å². The van der Waals surface area contributed by atoms with Crippen LogP contribution < -0.4 is 4.74 Å². The molecule has 1 N–H and O–H groups in total. The molecule has 1 aliphatic rings. The Morgan fingerprint density at radius 2 is 2.04 bits per heavy atom. The molecule has 2 aromatic carbocycles. The summed E-state index contributed by atoms with van der Waals surface area (Å²) in [6, 6.07) is 18.3. The minimum Gasteiger partial charge on any atom is -0.492 e. The van der Waals surface area contributed by atoms with E-state index in [0.717, 1.165) is 42.1 Å². The van der Waals surface area contributed by atoms with Crippen molar-refractivity contribution in [2.75, 3.05) is 13.2 Å². The molecule has 3 aromatic rings. The molecule has 0 bridgehead atoms. The lowest BCUT2D eigenvalue weighted by atomic mass is 10.00. The average molecular weight is 360 g/mol. The molecule has 4 nitrogen and oxygen atoms in total. The smallest absolute Gasteiger partial charge is 0.123 e. The zero-order chi connectivity index (χ0) is 18.6. The van der Waals surface area contributed by atoms with Gasteiger partial charge in [0.25, 0.3) is 0 Å². The SMILES string of the molecule is Cc1cccc(CN2CCOc3ccc([C@H](O)c4cccnc4)cc3C2)c1. The zero-order valence-corrected chi connectivity index (χ0v) is 15.5. The fourth-order valence-electron chi connectivity index (χ4n) is 3.57. The molecule has 0 amide bonds. The van der Waals surface area contributed by atoms with Crippen LogP contribution in [0, 0.1) is 6.92 Å². The van der Waals surface area contributed by atoms with Crippen molar-refractivity contribution in [1.82, 2.24) is 9.88 Å². The maximum absolute atomic E-state index is 10.7. The monoisotopic (exact) mass is 360 g/mol. The summed E-state index contributed by atoms with van der Waals surface area (Å²) in [7, 11) is 0. The second-order valence-corrected chi connectivity index (χ2v) is 7.10. The summed E-state index contributed by atoms with van der Waals surface area (Å²) in [6.45, 7) is 5.36. The predicted octanol–water partition coefficient (Wildman–Crippen LogP) is 3.87. The molecular weight excluding hydrogens is 336 g/mol.